The van der Waals surface area contributed by atoms with Crippen LogP contribution in [0.1, 0.15) is 23.4 Å². The summed E-state index contributed by atoms with van der Waals surface area (Å²) in [5.41, 5.74) is 2.90. The molecule has 0 saturated carbocycles. The van der Waals surface area contributed by atoms with E-state index in [1.807, 2.05) is 54.6 Å². The zero-order chi connectivity index (χ0) is 19.5. The Balaban J connectivity index is 1.44. The lowest BCUT2D eigenvalue weighted by molar-refractivity contribution is -0.151. The number of nitrogens with zero attached hydrogens (tertiary/aromatic N) is 2. The Hall–Kier alpha value is -3.41. The molecule has 6 heteroatoms. The molecule has 1 amide bonds. The zero-order valence-corrected chi connectivity index (χ0v) is 15.2. The molecule has 0 bridgehead atoms. The van der Waals surface area contributed by atoms with Gasteiger partial charge in [0.2, 0.25) is 5.91 Å². The number of oxazole rings is 1. The van der Waals surface area contributed by atoms with Gasteiger partial charge in [-0.2, -0.15) is 0 Å². The fraction of sp³-hybridized carbons (Fsp3) is 0.227. The number of hydrogen-bond acceptors (Lipinski definition) is 4. The number of carbonyl (C=O) groups excluding carboxylic acids is 1. The van der Waals surface area contributed by atoms with Crippen molar-refractivity contribution in [3.63, 3.8) is 0 Å². The number of carbonyl (C=O) groups is 2. The summed E-state index contributed by atoms with van der Waals surface area (Å²) < 4.78 is 5.74. The van der Waals surface area contributed by atoms with Gasteiger partial charge < -0.3 is 14.4 Å². The van der Waals surface area contributed by atoms with Crippen molar-refractivity contribution in [2.24, 2.45) is 0 Å². The van der Waals surface area contributed by atoms with Crippen molar-refractivity contribution >= 4 is 11.9 Å². The molecule has 0 unspecified atom stereocenters. The minimum atomic E-state index is -0.981. The van der Waals surface area contributed by atoms with E-state index < -0.39 is 12.0 Å². The van der Waals surface area contributed by atoms with Crippen LogP contribution in [0.3, 0.4) is 0 Å². The quantitative estimate of drug-likeness (QED) is 0.739. The molecule has 0 saturated heterocycles. The largest absolute Gasteiger partial charge is 0.480 e. The molecule has 1 aliphatic heterocycles. The third kappa shape index (κ3) is 3.67. The average molecular weight is 376 g/mol. The van der Waals surface area contributed by atoms with Gasteiger partial charge >= 0.3 is 5.97 Å². The summed E-state index contributed by atoms with van der Waals surface area (Å²) in [4.78, 5) is 30.2. The lowest BCUT2D eigenvalue weighted by Gasteiger charge is -2.34. The zero-order valence-electron chi connectivity index (χ0n) is 15.2. The molecule has 0 fully saturated rings. The first kappa shape index (κ1) is 18.0. The SMILES string of the molecule is O=C(O)[C@H]1Cc2ccccc2CN1C(=O)CCc1ncc(-c2ccccc2)o1. The summed E-state index contributed by atoms with van der Waals surface area (Å²) in [6, 6.07) is 16.4. The number of amides is 1. The number of aliphatic carboxylic acids is 1. The highest BCUT2D eigenvalue weighted by Crippen LogP contribution is 2.25. The highest BCUT2D eigenvalue weighted by Gasteiger charge is 2.34. The molecular weight excluding hydrogens is 356 g/mol. The fourth-order valence-corrected chi connectivity index (χ4v) is 3.52. The van der Waals surface area contributed by atoms with Crippen LogP contribution >= 0.6 is 0 Å². The van der Waals surface area contributed by atoms with Gasteiger partial charge in [-0.3, -0.25) is 4.79 Å². The summed E-state index contributed by atoms with van der Waals surface area (Å²) in [5.74, 6) is -0.0680. The highest BCUT2D eigenvalue weighted by molar-refractivity contribution is 5.84. The van der Waals surface area contributed by atoms with Crippen LogP contribution in [0.15, 0.2) is 65.2 Å². The number of benzene rings is 2. The molecule has 0 spiro atoms. The summed E-state index contributed by atoms with van der Waals surface area (Å²) in [5, 5.41) is 9.57. The summed E-state index contributed by atoms with van der Waals surface area (Å²) >= 11 is 0. The van der Waals surface area contributed by atoms with Crippen molar-refractivity contribution in [3.8, 4) is 11.3 Å². The first-order chi connectivity index (χ1) is 13.6. The fourth-order valence-electron chi connectivity index (χ4n) is 3.52. The average Bonchev–Trinajstić information content (AvgIpc) is 3.20. The van der Waals surface area contributed by atoms with Crippen molar-refractivity contribution < 1.29 is 19.1 Å². The van der Waals surface area contributed by atoms with Gasteiger partial charge in [0, 0.05) is 31.4 Å². The number of aromatic nitrogens is 1. The van der Waals surface area contributed by atoms with Gasteiger partial charge in [0.05, 0.1) is 6.20 Å². The number of aryl methyl sites for hydroxylation is 1. The van der Waals surface area contributed by atoms with E-state index in [1.165, 1.54) is 4.90 Å². The van der Waals surface area contributed by atoms with Crippen LogP contribution in [0.2, 0.25) is 0 Å². The minimum Gasteiger partial charge on any atom is -0.480 e. The summed E-state index contributed by atoms with van der Waals surface area (Å²) in [6.07, 6.45) is 2.46. The Bertz CT molecular complexity index is 997. The predicted molar refractivity (Wildman–Crippen MR) is 102 cm³/mol. The van der Waals surface area contributed by atoms with Gasteiger partial charge in [-0.05, 0) is 11.1 Å². The van der Waals surface area contributed by atoms with E-state index in [-0.39, 0.29) is 12.3 Å². The maximum Gasteiger partial charge on any atom is 0.326 e. The monoisotopic (exact) mass is 376 g/mol. The highest BCUT2D eigenvalue weighted by atomic mass is 16.4. The van der Waals surface area contributed by atoms with E-state index in [1.54, 1.807) is 6.20 Å². The number of hydrogen-bond donors (Lipinski definition) is 1. The third-order valence-corrected chi connectivity index (χ3v) is 5.02. The van der Waals surface area contributed by atoms with E-state index in [2.05, 4.69) is 4.98 Å². The van der Waals surface area contributed by atoms with Crippen molar-refractivity contribution in [3.05, 3.63) is 77.8 Å². The second-order valence-electron chi connectivity index (χ2n) is 6.83. The molecule has 1 atom stereocenters. The number of rotatable bonds is 5. The minimum absolute atomic E-state index is 0.153. The molecular formula is C22H20N2O4. The number of fused-ring (bicyclic) bond motifs is 1. The first-order valence-electron chi connectivity index (χ1n) is 9.21. The lowest BCUT2D eigenvalue weighted by Crippen LogP contribution is -2.48. The smallest absolute Gasteiger partial charge is 0.326 e. The summed E-state index contributed by atoms with van der Waals surface area (Å²) in [7, 11) is 0. The molecule has 0 radical (unpaired) electrons. The molecule has 28 heavy (non-hydrogen) atoms. The molecule has 2 aromatic carbocycles. The molecule has 3 aromatic rings. The van der Waals surface area contributed by atoms with Crippen molar-refractivity contribution in [1.82, 2.24) is 9.88 Å². The topological polar surface area (TPSA) is 83.6 Å². The van der Waals surface area contributed by atoms with Gasteiger partial charge in [-0.15, -0.1) is 0 Å². The van der Waals surface area contributed by atoms with E-state index in [4.69, 9.17) is 4.42 Å². The third-order valence-electron chi connectivity index (χ3n) is 5.02. The molecule has 1 aromatic heterocycles. The van der Waals surface area contributed by atoms with Gasteiger partial charge in [0.15, 0.2) is 11.7 Å². The Morgan fingerprint density at radius 3 is 2.54 bits per heavy atom. The van der Waals surface area contributed by atoms with Crippen LogP contribution in [-0.4, -0.2) is 32.9 Å². The Morgan fingerprint density at radius 1 is 1.07 bits per heavy atom. The van der Waals surface area contributed by atoms with Crippen LogP contribution in [0, 0.1) is 0 Å². The molecule has 1 aliphatic rings. The first-order valence-corrected chi connectivity index (χ1v) is 9.21. The second-order valence-corrected chi connectivity index (χ2v) is 6.83. The van der Waals surface area contributed by atoms with Gasteiger partial charge in [0.25, 0.3) is 0 Å². The Morgan fingerprint density at radius 2 is 1.79 bits per heavy atom. The van der Waals surface area contributed by atoms with E-state index >= 15 is 0 Å². The molecule has 1 N–H and O–H groups in total. The number of carboxylic acids is 1. The lowest BCUT2D eigenvalue weighted by atomic mass is 9.93. The Kier molecular flexibility index (Phi) is 4.93. The van der Waals surface area contributed by atoms with Crippen LogP contribution in [0.4, 0.5) is 0 Å². The normalized spacial score (nSPS) is 15.9. The van der Waals surface area contributed by atoms with Gasteiger partial charge in [-0.25, -0.2) is 9.78 Å². The Labute approximate surface area is 162 Å². The van der Waals surface area contributed by atoms with Crippen LogP contribution in [0.5, 0.6) is 0 Å². The van der Waals surface area contributed by atoms with Crippen molar-refractivity contribution in [1.29, 1.82) is 0 Å². The molecule has 0 aliphatic carbocycles. The van der Waals surface area contributed by atoms with Crippen molar-refractivity contribution in [2.45, 2.75) is 31.8 Å². The molecule has 142 valence electrons. The van der Waals surface area contributed by atoms with Crippen LogP contribution < -0.4 is 0 Å². The van der Waals surface area contributed by atoms with Gasteiger partial charge in [0.1, 0.15) is 6.04 Å². The summed E-state index contributed by atoms with van der Waals surface area (Å²) in [6.45, 7) is 0.312. The predicted octanol–water partition coefficient (Wildman–Crippen LogP) is 3.31. The maximum atomic E-state index is 12.8. The standard InChI is InChI=1S/C22H20N2O4/c25-21(11-10-20-23-13-19(28-20)15-6-2-1-3-7-15)24-14-17-9-5-4-8-16(17)12-18(24)22(26)27/h1-9,13,18H,10-12,14H2,(H,26,27)/t18-/m1/s1. The van der Waals surface area contributed by atoms with Crippen LogP contribution in [0.25, 0.3) is 11.3 Å². The van der Waals surface area contributed by atoms with Gasteiger partial charge in [-0.1, -0.05) is 54.6 Å². The van der Waals surface area contributed by atoms with E-state index in [9.17, 15) is 14.7 Å². The van der Waals surface area contributed by atoms with Crippen LogP contribution in [-0.2, 0) is 29.0 Å². The molecule has 4 rings (SSSR count). The maximum absolute atomic E-state index is 12.8. The molecule has 6 nitrogen and oxygen atoms in total. The van der Waals surface area contributed by atoms with E-state index in [0.29, 0.717) is 31.0 Å². The second kappa shape index (κ2) is 7.68. The number of carboxylic acid groups (broad SMARTS) is 1. The van der Waals surface area contributed by atoms with Crippen molar-refractivity contribution in [2.75, 3.05) is 0 Å². The van der Waals surface area contributed by atoms with E-state index in [0.717, 1.165) is 16.7 Å². The molecule has 2 heterocycles.